The van der Waals surface area contributed by atoms with Crippen LogP contribution in [0.3, 0.4) is 0 Å². The summed E-state index contributed by atoms with van der Waals surface area (Å²) < 4.78 is 6.15. The molecule has 1 amide bonds. The molecule has 0 fully saturated rings. The number of aromatic nitrogens is 2. The molecule has 0 aliphatic rings. The fourth-order valence-corrected chi connectivity index (χ4v) is 3.77. The van der Waals surface area contributed by atoms with Crippen molar-refractivity contribution in [3.63, 3.8) is 0 Å². The summed E-state index contributed by atoms with van der Waals surface area (Å²) in [5, 5.41) is 4.30. The van der Waals surface area contributed by atoms with Gasteiger partial charge >= 0.3 is 0 Å². The van der Waals surface area contributed by atoms with E-state index < -0.39 is 0 Å². The lowest BCUT2D eigenvalue weighted by molar-refractivity contribution is 0.0949. The molecule has 0 aliphatic heterocycles. The van der Waals surface area contributed by atoms with Gasteiger partial charge in [-0.2, -0.15) is 0 Å². The van der Waals surface area contributed by atoms with Gasteiger partial charge in [0.15, 0.2) is 5.13 Å². The smallest absolute Gasteiger partial charge is 0.298 e. The molecule has 0 saturated carbocycles. The average molecular weight is 363 g/mol. The lowest BCUT2D eigenvalue weighted by atomic mass is 10.2. The third kappa shape index (κ3) is 3.23. The van der Waals surface area contributed by atoms with Gasteiger partial charge in [-0.3, -0.25) is 9.69 Å². The minimum atomic E-state index is -0.249. The Morgan fingerprint density at radius 1 is 1.12 bits per heavy atom. The van der Waals surface area contributed by atoms with Crippen LogP contribution < -0.4 is 4.90 Å². The van der Waals surface area contributed by atoms with E-state index in [1.807, 2.05) is 36.4 Å². The molecule has 2 aromatic heterocycles. The molecule has 2 aromatic carbocycles. The van der Waals surface area contributed by atoms with Crippen molar-refractivity contribution >= 4 is 32.6 Å². The van der Waals surface area contributed by atoms with Gasteiger partial charge in [0.1, 0.15) is 0 Å². The predicted octanol–water partition coefficient (Wildman–Crippen LogP) is 4.69. The first kappa shape index (κ1) is 16.5. The number of rotatable bonds is 5. The summed E-state index contributed by atoms with van der Waals surface area (Å²) in [7, 11) is 0. The maximum atomic E-state index is 13.0. The van der Waals surface area contributed by atoms with Crippen molar-refractivity contribution in [3.8, 4) is 0 Å². The lowest BCUT2D eigenvalue weighted by Crippen LogP contribution is -2.30. The molecule has 0 aliphatic carbocycles. The first-order valence-electron chi connectivity index (χ1n) is 8.40. The molecule has 6 heteroatoms. The second-order valence-electron chi connectivity index (χ2n) is 5.91. The van der Waals surface area contributed by atoms with E-state index in [0.717, 1.165) is 22.2 Å². The van der Waals surface area contributed by atoms with Crippen molar-refractivity contribution in [2.45, 2.75) is 19.9 Å². The van der Waals surface area contributed by atoms with E-state index in [1.54, 1.807) is 11.0 Å². The number of hydrogen-bond acceptors (Lipinski definition) is 5. The highest BCUT2D eigenvalue weighted by atomic mass is 32.1. The van der Waals surface area contributed by atoms with Crippen LogP contribution in [0.4, 0.5) is 5.13 Å². The Kier molecular flexibility index (Phi) is 4.50. The topological polar surface area (TPSA) is 59.2 Å². The number of hydrogen-bond donors (Lipinski definition) is 0. The van der Waals surface area contributed by atoms with E-state index in [1.165, 1.54) is 23.1 Å². The van der Waals surface area contributed by atoms with Crippen LogP contribution in [0.5, 0.6) is 0 Å². The van der Waals surface area contributed by atoms with Crippen molar-refractivity contribution in [3.05, 3.63) is 77.7 Å². The Morgan fingerprint density at radius 2 is 1.96 bits per heavy atom. The zero-order valence-corrected chi connectivity index (χ0v) is 15.1. The van der Waals surface area contributed by atoms with Crippen LogP contribution >= 0.6 is 11.3 Å². The second-order valence-corrected chi connectivity index (χ2v) is 6.91. The quantitative estimate of drug-likeness (QED) is 0.516. The first-order valence-corrected chi connectivity index (χ1v) is 9.22. The molecule has 4 aromatic rings. The van der Waals surface area contributed by atoms with Crippen molar-refractivity contribution < 1.29 is 9.32 Å². The van der Waals surface area contributed by atoms with E-state index in [4.69, 9.17) is 4.52 Å². The van der Waals surface area contributed by atoms with Gasteiger partial charge in [0, 0.05) is 6.07 Å². The van der Waals surface area contributed by atoms with E-state index >= 15 is 0 Å². The number of carbonyl (C=O) groups is 1. The summed E-state index contributed by atoms with van der Waals surface area (Å²) in [4.78, 5) is 19.3. The molecule has 0 spiro atoms. The van der Waals surface area contributed by atoms with Crippen molar-refractivity contribution in [1.29, 1.82) is 0 Å². The average Bonchev–Trinajstić information content (AvgIpc) is 3.35. The summed E-state index contributed by atoms with van der Waals surface area (Å²) in [6.45, 7) is 2.54. The third-order valence-corrected chi connectivity index (χ3v) is 5.20. The van der Waals surface area contributed by atoms with Gasteiger partial charge in [0.25, 0.3) is 5.91 Å². The Labute approximate surface area is 154 Å². The lowest BCUT2D eigenvalue weighted by Gasteiger charge is -2.18. The Hall–Kier alpha value is -2.99. The molecule has 130 valence electrons. The van der Waals surface area contributed by atoms with Crippen LogP contribution in [0.15, 0.2) is 65.3 Å². The molecule has 2 heterocycles. The zero-order chi connectivity index (χ0) is 17.9. The minimum Gasteiger partial charge on any atom is -0.351 e. The monoisotopic (exact) mass is 363 g/mol. The van der Waals surface area contributed by atoms with E-state index in [2.05, 4.69) is 29.2 Å². The SMILES string of the molecule is CCc1ccc2nc(N(Cc3ccccc3)C(=O)c3ccno3)sc2c1. The van der Waals surface area contributed by atoms with Gasteiger partial charge in [0.05, 0.1) is 23.0 Å². The number of nitrogens with zero attached hydrogens (tertiary/aromatic N) is 3. The fourth-order valence-electron chi connectivity index (χ4n) is 2.74. The second kappa shape index (κ2) is 7.09. The van der Waals surface area contributed by atoms with Crippen molar-refractivity contribution in [2.75, 3.05) is 4.90 Å². The van der Waals surface area contributed by atoms with Gasteiger partial charge in [0.2, 0.25) is 5.76 Å². The zero-order valence-electron chi connectivity index (χ0n) is 14.3. The molecule has 5 nitrogen and oxygen atoms in total. The molecule has 0 radical (unpaired) electrons. The third-order valence-electron chi connectivity index (χ3n) is 4.16. The van der Waals surface area contributed by atoms with Crippen LogP contribution in [0, 0.1) is 0 Å². The molecule has 0 atom stereocenters. The van der Waals surface area contributed by atoms with Crippen molar-refractivity contribution in [2.24, 2.45) is 0 Å². The number of benzene rings is 2. The Bertz CT molecular complexity index is 1030. The summed E-state index contributed by atoms with van der Waals surface area (Å²) in [6, 6.07) is 17.6. The highest BCUT2D eigenvalue weighted by Gasteiger charge is 2.24. The summed E-state index contributed by atoms with van der Waals surface area (Å²) in [5.41, 5.74) is 3.17. The largest absolute Gasteiger partial charge is 0.351 e. The molecule has 0 N–H and O–H groups in total. The van der Waals surface area contributed by atoms with Gasteiger partial charge in [-0.15, -0.1) is 0 Å². The predicted molar refractivity (Wildman–Crippen MR) is 102 cm³/mol. The molecular formula is C20H17N3O2S. The van der Waals surface area contributed by atoms with E-state index in [-0.39, 0.29) is 11.7 Å². The Balaban J connectivity index is 1.75. The molecule has 0 unspecified atom stereocenters. The van der Waals surface area contributed by atoms with Crippen molar-refractivity contribution in [1.82, 2.24) is 10.1 Å². The van der Waals surface area contributed by atoms with Gasteiger partial charge in [-0.1, -0.05) is 59.8 Å². The normalized spacial score (nSPS) is 11.0. The highest BCUT2D eigenvalue weighted by Crippen LogP contribution is 2.31. The summed E-state index contributed by atoms with van der Waals surface area (Å²) in [6.07, 6.45) is 2.44. The standard InChI is InChI=1S/C20H17N3O2S/c1-2-14-8-9-16-18(12-14)26-20(22-16)23(13-15-6-4-3-5-7-15)19(24)17-10-11-21-25-17/h3-12H,2,13H2,1H3. The van der Waals surface area contributed by atoms with Crippen LogP contribution in [0.2, 0.25) is 0 Å². The maximum Gasteiger partial charge on any atom is 0.298 e. The van der Waals surface area contributed by atoms with Gasteiger partial charge in [-0.05, 0) is 29.7 Å². The molecule has 26 heavy (non-hydrogen) atoms. The van der Waals surface area contributed by atoms with E-state index in [9.17, 15) is 4.79 Å². The highest BCUT2D eigenvalue weighted by molar-refractivity contribution is 7.22. The van der Waals surface area contributed by atoms with Crippen LogP contribution in [-0.2, 0) is 13.0 Å². The van der Waals surface area contributed by atoms with Crippen LogP contribution in [0.25, 0.3) is 10.2 Å². The van der Waals surface area contributed by atoms with Crippen LogP contribution in [0.1, 0.15) is 28.6 Å². The summed E-state index contributed by atoms with van der Waals surface area (Å²) in [5.74, 6) is -0.0458. The fraction of sp³-hybridized carbons (Fsp3) is 0.150. The van der Waals surface area contributed by atoms with Gasteiger partial charge in [-0.25, -0.2) is 4.98 Å². The number of anilines is 1. The number of thiazole rings is 1. The van der Waals surface area contributed by atoms with E-state index in [0.29, 0.717) is 11.7 Å². The maximum absolute atomic E-state index is 13.0. The number of fused-ring (bicyclic) bond motifs is 1. The molecule has 0 bridgehead atoms. The van der Waals surface area contributed by atoms with Crippen LogP contribution in [-0.4, -0.2) is 16.0 Å². The Morgan fingerprint density at radius 3 is 2.69 bits per heavy atom. The molecule has 4 rings (SSSR count). The number of carbonyl (C=O) groups excluding carboxylic acids is 1. The number of aryl methyl sites for hydroxylation is 1. The number of amides is 1. The summed E-state index contributed by atoms with van der Waals surface area (Å²) >= 11 is 1.51. The molecular weight excluding hydrogens is 346 g/mol. The van der Waals surface area contributed by atoms with Gasteiger partial charge < -0.3 is 4.52 Å². The minimum absolute atomic E-state index is 0.203. The molecule has 0 saturated heterocycles. The first-order chi connectivity index (χ1) is 12.7.